The summed E-state index contributed by atoms with van der Waals surface area (Å²) in [5.74, 6) is 1.04. The maximum Gasteiger partial charge on any atom is 0.241 e. The van der Waals surface area contributed by atoms with Gasteiger partial charge in [-0.05, 0) is 58.4 Å². The summed E-state index contributed by atoms with van der Waals surface area (Å²) in [5.41, 5.74) is 1.78. The lowest BCUT2D eigenvalue weighted by Gasteiger charge is -2.20. The van der Waals surface area contributed by atoms with Crippen molar-refractivity contribution >= 4 is 27.5 Å². The second-order valence-corrected chi connectivity index (χ2v) is 10.9. The third-order valence-corrected chi connectivity index (χ3v) is 6.82. The van der Waals surface area contributed by atoms with E-state index in [1.54, 1.807) is 57.4 Å². The second-order valence-electron chi connectivity index (χ2n) is 9.19. The van der Waals surface area contributed by atoms with Crippen LogP contribution >= 0.6 is 0 Å². The number of hydrogen-bond acceptors (Lipinski definition) is 7. The number of aromatic nitrogens is 4. The number of hydrogen-bond donors (Lipinski definition) is 3. The second kappa shape index (κ2) is 9.40. The fraction of sp³-hybridized carbons (Fsp3) is 0.292. The molecule has 34 heavy (non-hydrogen) atoms. The zero-order valence-electron chi connectivity index (χ0n) is 19.6. The number of nitrogens with zero attached hydrogens (tertiary/aromatic N) is 4. The standard InChI is InChI=1S/C24H29N7O2S/c1-17-15-26-23(28-18-8-10-20(11-9-18)31-13-12-25-16-31)29-22(17)27-19-6-5-7-21(14-19)34(32,33)30-24(2,3)4/h5-10,12-16,20,30H,11H2,1-4H3,(H2,26,27,28,29). The summed E-state index contributed by atoms with van der Waals surface area (Å²) < 4.78 is 30.1. The first-order chi connectivity index (χ1) is 16.1. The van der Waals surface area contributed by atoms with E-state index in [9.17, 15) is 8.42 Å². The maximum absolute atomic E-state index is 12.7. The molecule has 3 aromatic rings. The van der Waals surface area contributed by atoms with E-state index in [0.717, 1.165) is 17.7 Å². The van der Waals surface area contributed by atoms with Crippen molar-refractivity contribution in [2.45, 2.75) is 50.6 Å². The molecule has 1 aliphatic carbocycles. The van der Waals surface area contributed by atoms with Crippen LogP contribution in [-0.4, -0.2) is 33.5 Å². The van der Waals surface area contributed by atoms with E-state index >= 15 is 0 Å². The molecular formula is C24H29N7O2S. The zero-order chi connectivity index (χ0) is 24.3. The van der Waals surface area contributed by atoms with Gasteiger partial charge < -0.3 is 15.2 Å². The van der Waals surface area contributed by atoms with Gasteiger partial charge in [0.1, 0.15) is 5.82 Å². The van der Waals surface area contributed by atoms with Crippen molar-refractivity contribution in [1.29, 1.82) is 0 Å². The first kappa shape index (κ1) is 23.7. The minimum Gasteiger partial charge on any atom is -0.340 e. The van der Waals surface area contributed by atoms with Crippen LogP contribution in [0.4, 0.5) is 17.5 Å². The van der Waals surface area contributed by atoms with Crippen molar-refractivity contribution in [3.8, 4) is 0 Å². The molecule has 2 aromatic heterocycles. The Bertz CT molecular complexity index is 1320. The highest BCUT2D eigenvalue weighted by Gasteiger charge is 2.22. The van der Waals surface area contributed by atoms with Gasteiger partial charge in [0, 0.05) is 41.1 Å². The van der Waals surface area contributed by atoms with Crippen molar-refractivity contribution in [2.75, 3.05) is 10.6 Å². The topological polar surface area (TPSA) is 114 Å². The summed E-state index contributed by atoms with van der Waals surface area (Å²) in [6.45, 7) is 7.31. The monoisotopic (exact) mass is 479 g/mol. The van der Waals surface area contributed by atoms with E-state index in [0.29, 0.717) is 17.5 Å². The third-order valence-electron chi connectivity index (χ3n) is 5.06. The molecule has 10 heteroatoms. The molecule has 0 bridgehead atoms. The molecule has 0 amide bonds. The first-order valence-electron chi connectivity index (χ1n) is 11.0. The van der Waals surface area contributed by atoms with E-state index in [1.807, 2.05) is 25.5 Å². The Labute approximate surface area is 200 Å². The number of sulfonamides is 1. The molecule has 0 aliphatic heterocycles. The van der Waals surface area contributed by atoms with Crippen LogP contribution in [0.2, 0.25) is 0 Å². The number of aryl methyl sites for hydroxylation is 1. The number of imidazole rings is 1. The lowest BCUT2D eigenvalue weighted by Crippen LogP contribution is -2.40. The van der Waals surface area contributed by atoms with Gasteiger partial charge in [-0.1, -0.05) is 18.2 Å². The summed E-state index contributed by atoms with van der Waals surface area (Å²) >= 11 is 0. The van der Waals surface area contributed by atoms with Gasteiger partial charge in [0.05, 0.1) is 17.3 Å². The minimum atomic E-state index is -3.65. The molecule has 4 rings (SSSR count). The lowest BCUT2D eigenvalue weighted by atomic mass is 10.1. The number of rotatable bonds is 7. The molecule has 1 atom stereocenters. The van der Waals surface area contributed by atoms with Gasteiger partial charge in [0.2, 0.25) is 16.0 Å². The van der Waals surface area contributed by atoms with Gasteiger partial charge in [0.15, 0.2) is 0 Å². The Balaban J connectivity index is 1.48. The average Bonchev–Trinajstić information content (AvgIpc) is 3.30. The van der Waals surface area contributed by atoms with Crippen LogP contribution in [0.1, 0.15) is 38.8 Å². The predicted octanol–water partition coefficient (Wildman–Crippen LogP) is 4.30. The van der Waals surface area contributed by atoms with Crippen LogP contribution in [0, 0.1) is 6.92 Å². The van der Waals surface area contributed by atoms with Crippen molar-refractivity contribution < 1.29 is 8.42 Å². The van der Waals surface area contributed by atoms with Crippen LogP contribution in [0.5, 0.6) is 0 Å². The molecular weight excluding hydrogens is 450 g/mol. The number of allylic oxidation sites excluding steroid dienone is 3. The summed E-state index contributed by atoms with van der Waals surface area (Å²) in [4.78, 5) is 13.3. The molecule has 178 valence electrons. The molecule has 3 N–H and O–H groups in total. The average molecular weight is 480 g/mol. The molecule has 0 fully saturated rings. The molecule has 2 heterocycles. The Kier molecular flexibility index (Phi) is 6.54. The van der Waals surface area contributed by atoms with E-state index in [4.69, 9.17) is 0 Å². The quantitative estimate of drug-likeness (QED) is 0.463. The van der Waals surface area contributed by atoms with Crippen molar-refractivity contribution in [2.24, 2.45) is 0 Å². The third kappa shape index (κ3) is 5.89. The Morgan fingerprint density at radius 2 is 2.00 bits per heavy atom. The Morgan fingerprint density at radius 3 is 2.68 bits per heavy atom. The normalized spacial score (nSPS) is 16.2. The van der Waals surface area contributed by atoms with Crippen molar-refractivity contribution in [1.82, 2.24) is 24.2 Å². The van der Waals surface area contributed by atoms with Gasteiger partial charge in [-0.2, -0.15) is 4.98 Å². The summed E-state index contributed by atoms with van der Waals surface area (Å²) in [5, 5.41) is 6.46. The van der Waals surface area contributed by atoms with Gasteiger partial charge in [-0.15, -0.1) is 0 Å². The smallest absolute Gasteiger partial charge is 0.241 e. The first-order valence-corrected chi connectivity index (χ1v) is 12.4. The molecule has 1 aromatic carbocycles. The molecule has 0 spiro atoms. The summed E-state index contributed by atoms with van der Waals surface area (Å²) in [6.07, 6.45) is 14.3. The van der Waals surface area contributed by atoms with E-state index < -0.39 is 15.6 Å². The van der Waals surface area contributed by atoms with E-state index in [-0.39, 0.29) is 10.9 Å². The summed E-state index contributed by atoms with van der Waals surface area (Å²) in [6, 6.07) is 6.89. The van der Waals surface area contributed by atoms with Gasteiger partial charge in [-0.25, -0.2) is 23.1 Å². The van der Waals surface area contributed by atoms with Gasteiger partial charge >= 0.3 is 0 Å². The molecule has 9 nitrogen and oxygen atoms in total. The van der Waals surface area contributed by atoms with Crippen LogP contribution in [-0.2, 0) is 10.0 Å². The summed E-state index contributed by atoms with van der Waals surface area (Å²) in [7, 11) is -3.65. The number of benzene rings is 1. The molecule has 1 aliphatic rings. The fourth-order valence-corrected chi connectivity index (χ4v) is 4.95. The molecule has 0 saturated heterocycles. The van der Waals surface area contributed by atoms with Crippen molar-refractivity contribution in [3.63, 3.8) is 0 Å². The molecule has 1 unspecified atom stereocenters. The molecule has 0 saturated carbocycles. The van der Waals surface area contributed by atoms with Gasteiger partial charge in [0.25, 0.3) is 0 Å². The minimum absolute atomic E-state index is 0.183. The van der Waals surface area contributed by atoms with E-state index in [1.165, 1.54) is 0 Å². The maximum atomic E-state index is 12.7. The number of nitrogens with one attached hydrogen (secondary N) is 3. The lowest BCUT2D eigenvalue weighted by molar-refractivity contribution is 0.491. The van der Waals surface area contributed by atoms with Crippen LogP contribution < -0.4 is 15.4 Å². The fourth-order valence-electron chi connectivity index (χ4n) is 3.49. The van der Waals surface area contributed by atoms with E-state index in [2.05, 4.69) is 47.0 Å². The highest BCUT2D eigenvalue weighted by Crippen LogP contribution is 2.24. The predicted molar refractivity (Wildman–Crippen MR) is 133 cm³/mol. The Hall–Kier alpha value is -3.50. The van der Waals surface area contributed by atoms with Crippen LogP contribution in [0.25, 0.3) is 0 Å². The van der Waals surface area contributed by atoms with Gasteiger partial charge in [-0.3, -0.25) is 0 Å². The zero-order valence-corrected chi connectivity index (χ0v) is 20.5. The highest BCUT2D eigenvalue weighted by atomic mass is 32.2. The van der Waals surface area contributed by atoms with Crippen molar-refractivity contribution in [3.05, 3.63) is 78.7 Å². The highest BCUT2D eigenvalue weighted by molar-refractivity contribution is 7.89. The SMILES string of the molecule is Cc1cnc(NC2=CCC(n3ccnc3)C=C2)nc1Nc1cccc(S(=O)(=O)NC(C)(C)C)c1. The van der Waals surface area contributed by atoms with Crippen LogP contribution in [0.3, 0.4) is 0 Å². The van der Waals surface area contributed by atoms with Crippen LogP contribution in [0.15, 0.2) is 78.0 Å². The number of anilines is 3. The molecule has 0 radical (unpaired) electrons. The Morgan fingerprint density at radius 1 is 1.18 bits per heavy atom. The largest absolute Gasteiger partial charge is 0.340 e.